The minimum Gasteiger partial charge on any atom is -0.496 e. The van der Waals surface area contributed by atoms with Crippen LogP contribution in [0.5, 0.6) is 5.75 Å². The third-order valence-corrected chi connectivity index (χ3v) is 7.20. The maximum absolute atomic E-state index is 13.2. The van der Waals surface area contributed by atoms with Crippen molar-refractivity contribution in [2.24, 2.45) is 7.05 Å². The highest BCUT2D eigenvalue weighted by molar-refractivity contribution is 7.14. The summed E-state index contributed by atoms with van der Waals surface area (Å²) >= 11 is 1.61. The van der Waals surface area contributed by atoms with Crippen molar-refractivity contribution in [1.82, 2.24) is 24.9 Å². The van der Waals surface area contributed by atoms with Crippen molar-refractivity contribution in [2.45, 2.75) is 18.8 Å². The van der Waals surface area contributed by atoms with Gasteiger partial charge in [0.2, 0.25) is 0 Å². The van der Waals surface area contributed by atoms with E-state index in [-0.39, 0.29) is 5.91 Å². The van der Waals surface area contributed by atoms with E-state index >= 15 is 0 Å². The van der Waals surface area contributed by atoms with Crippen LogP contribution in [0.2, 0.25) is 0 Å². The number of piperidine rings is 1. The Hall–Kier alpha value is -3.52. The van der Waals surface area contributed by atoms with Gasteiger partial charge in [-0.05, 0) is 31.0 Å². The van der Waals surface area contributed by atoms with E-state index in [1.165, 1.54) is 0 Å². The molecular weight excluding hydrogens is 434 g/mol. The molecule has 3 heterocycles. The Kier molecular flexibility index (Phi) is 5.92. The van der Waals surface area contributed by atoms with E-state index in [1.54, 1.807) is 23.1 Å². The summed E-state index contributed by atoms with van der Waals surface area (Å²) in [6, 6.07) is 19.7. The van der Waals surface area contributed by atoms with Gasteiger partial charge in [0.1, 0.15) is 16.5 Å². The van der Waals surface area contributed by atoms with Gasteiger partial charge < -0.3 is 9.64 Å². The SMILES string of the molecule is COc1ccccc1-c1nnc(C2CCN(C(=O)c3cc(-c4ccccc4)nn3C)CC2)s1. The minimum absolute atomic E-state index is 0.0256. The van der Waals surface area contributed by atoms with Gasteiger partial charge >= 0.3 is 0 Å². The fourth-order valence-corrected chi connectivity index (χ4v) is 5.28. The number of hydrogen-bond donors (Lipinski definition) is 0. The van der Waals surface area contributed by atoms with Gasteiger partial charge in [0.25, 0.3) is 5.91 Å². The molecule has 0 aliphatic carbocycles. The van der Waals surface area contributed by atoms with Crippen LogP contribution < -0.4 is 4.74 Å². The van der Waals surface area contributed by atoms with Gasteiger partial charge in [0, 0.05) is 31.6 Å². The molecule has 2 aromatic carbocycles. The van der Waals surface area contributed by atoms with Crippen molar-refractivity contribution in [3.63, 3.8) is 0 Å². The van der Waals surface area contributed by atoms with Crippen molar-refractivity contribution in [3.8, 4) is 27.6 Å². The number of carbonyl (C=O) groups excluding carboxylic acids is 1. The number of aromatic nitrogens is 4. The number of nitrogens with zero attached hydrogens (tertiary/aromatic N) is 5. The number of para-hydroxylation sites is 1. The van der Waals surface area contributed by atoms with Crippen molar-refractivity contribution in [3.05, 3.63) is 71.4 Å². The maximum atomic E-state index is 13.2. The number of aryl methyl sites for hydroxylation is 1. The molecule has 33 heavy (non-hydrogen) atoms. The van der Waals surface area contributed by atoms with Gasteiger partial charge in [-0.1, -0.05) is 53.8 Å². The molecule has 0 spiro atoms. The van der Waals surface area contributed by atoms with Crippen LogP contribution in [-0.4, -0.2) is 51.0 Å². The van der Waals surface area contributed by atoms with Crippen LogP contribution in [0.3, 0.4) is 0 Å². The predicted octanol–water partition coefficient (Wildman–Crippen LogP) is 4.63. The summed E-state index contributed by atoms with van der Waals surface area (Å²) < 4.78 is 7.15. The van der Waals surface area contributed by atoms with Gasteiger partial charge in [-0.3, -0.25) is 9.48 Å². The quantitative estimate of drug-likeness (QED) is 0.435. The largest absolute Gasteiger partial charge is 0.496 e. The molecule has 1 saturated heterocycles. The number of rotatable bonds is 5. The molecule has 7 nitrogen and oxygen atoms in total. The fraction of sp³-hybridized carbons (Fsp3) is 0.280. The zero-order valence-electron chi connectivity index (χ0n) is 18.6. The molecule has 0 saturated carbocycles. The average Bonchev–Trinajstić information content (AvgIpc) is 3.51. The van der Waals surface area contributed by atoms with Crippen LogP contribution in [0, 0.1) is 0 Å². The second-order valence-electron chi connectivity index (χ2n) is 8.12. The molecule has 2 aromatic heterocycles. The van der Waals surface area contributed by atoms with E-state index in [9.17, 15) is 4.79 Å². The number of amides is 1. The zero-order chi connectivity index (χ0) is 22.8. The van der Waals surface area contributed by atoms with E-state index in [0.29, 0.717) is 24.7 Å². The molecule has 0 unspecified atom stereocenters. The van der Waals surface area contributed by atoms with Crippen molar-refractivity contribution >= 4 is 17.2 Å². The molecule has 1 aliphatic heterocycles. The molecule has 1 amide bonds. The topological polar surface area (TPSA) is 73.1 Å². The number of likely N-dealkylation sites (tertiary alicyclic amines) is 1. The first-order valence-corrected chi connectivity index (χ1v) is 11.8. The first-order chi connectivity index (χ1) is 16.1. The Morgan fingerprint density at radius 1 is 1.03 bits per heavy atom. The summed E-state index contributed by atoms with van der Waals surface area (Å²) in [5.74, 6) is 1.13. The van der Waals surface area contributed by atoms with Crippen LogP contribution in [0.25, 0.3) is 21.8 Å². The van der Waals surface area contributed by atoms with Crippen molar-refractivity contribution in [1.29, 1.82) is 0 Å². The Morgan fingerprint density at radius 3 is 2.52 bits per heavy atom. The molecule has 1 fully saturated rings. The lowest BCUT2D eigenvalue weighted by Gasteiger charge is -2.30. The maximum Gasteiger partial charge on any atom is 0.272 e. The third-order valence-electron chi connectivity index (χ3n) is 6.08. The number of benzene rings is 2. The van der Waals surface area contributed by atoms with E-state index in [1.807, 2.05) is 72.6 Å². The number of hydrogen-bond acceptors (Lipinski definition) is 6. The van der Waals surface area contributed by atoms with Gasteiger partial charge in [-0.25, -0.2) is 0 Å². The summed E-state index contributed by atoms with van der Waals surface area (Å²) in [4.78, 5) is 15.1. The van der Waals surface area contributed by atoms with E-state index in [4.69, 9.17) is 4.74 Å². The van der Waals surface area contributed by atoms with Gasteiger partial charge in [0.05, 0.1) is 18.4 Å². The molecule has 4 aromatic rings. The summed E-state index contributed by atoms with van der Waals surface area (Å²) in [5, 5.41) is 15.3. The molecule has 8 heteroatoms. The Bertz CT molecular complexity index is 1260. The Morgan fingerprint density at radius 2 is 1.76 bits per heavy atom. The Labute approximate surface area is 196 Å². The first kappa shape index (κ1) is 21.3. The molecular formula is C25H25N5O2S. The highest BCUT2D eigenvalue weighted by atomic mass is 32.1. The van der Waals surface area contributed by atoms with Gasteiger partial charge in [-0.15, -0.1) is 10.2 Å². The summed E-state index contributed by atoms with van der Waals surface area (Å²) in [7, 11) is 3.49. The number of carbonyl (C=O) groups is 1. The molecule has 0 N–H and O–H groups in total. The van der Waals surface area contributed by atoms with Crippen LogP contribution in [0.1, 0.15) is 34.3 Å². The highest BCUT2D eigenvalue weighted by Gasteiger charge is 2.28. The molecule has 0 radical (unpaired) electrons. The van der Waals surface area contributed by atoms with Crippen LogP contribution in [0.4, 0.5) is 0 Å². The van der Waals surface area contributed by atoms with Crippen LogP contribution >= 0.6 is 11.3 Å². The molecule has 5 rings (SSSR count). The highest BCUT2D eigenvalue weighted by Crippen LogP contribution is 2.36. The monoisotopic (exact) mass is 459 g/mol. The Balaban J connectivity index is 1.26. The van der Waals surface area contributed by atoms with E-state index in [2.05, 4.69) is 15.3 Å². The van der Waals surface area contributed by atoms with Gasteiger partial charge in [-0.2, -0.15) is 5.10 Å². The van der Waals surface area contributed by atoms with E-state index < -0.39 is 0 Å². The normalized spacial score (nSPS) is 14.4. The molecule has 1 aliphatic rings. The minimum atomic E-state index is 0.0256. The standard InChI is InChI=1S/C25H25N5O2S/c1-29-21(16-20(28-29)17-8-4-3-5-9-17)25(31)30-14-12-18(13-15-30)23-26-27-24(33-23)19-10-6-7-11-22(19)32-2/h3-11,16,18H,12-15H2,1-2H3. The summed E-state index contributed by atoms with van der Waals surface area (Å²) in [5.41, 5.74) is 3.39. The average molecular weight is 460 g/mol. The number of methoxy groups -OCH3 is 1. The lowest BCUT2D eigenvalue weighted by Crippen LogP contribution is -2.38. The number of ether oxygens (including phenoxy) is 1. The van der Waals surface area contributed by atoms with Gasteiger partial charge in [0.15, 0.2) is 5.01 Å². The van der Waals surface area contributed by atoms with Crippen molar-refractivity contribution in [2.75, 3.05) is 20.2 Å². The third kappa shape index (κ3) is 4.26. The molecule has 0 bridgehead atoms. The molecule has 0 atom stereocenters. The van der Waals surface area contributed by atoms with Crippen molar-refractivity contribution < 1.29 is 9.53 Å². The lowest BCUT2D eigenvalue weighted by molar-refractivity contribution is 0.0701. The second-order valence-corrected chi connectivity index (χ2v) is 9.13. The smallest absolute Gasteiger partial charge is 0.272 e. The fourth-order valence-electron chi connectivity index (χ4n) is 4.24. The predicted molar refractivity (Wildman–Crippen MR) is 128 cm³/mol. The first-order valence-electron chi connectivity index (χ1n) is 11.0. The summed E-state index contributed by atoms with van der Waals surface area (Å²) in [6.45, 7) is 1.39. The summed E-state index contributed by atoms with van der Waals surface area (Å²) in [6.07, 6.45) is 1.74. The zero-order valence-corrected chi connectivity index (χ0v) is 19.5. The van der Waals surface area contributed by atoms with Crippen LogP contribution in [0.15, 0.2) is 60.7 Å². The van der Waals surface area contributed by atoms with E-state index in [0.717, 1.165) is 45.4 Å². The molecule has 168 valence electrons. The lowest BCUT2D eigenvalue weighted by atomic mass is 9.97. The second kappa shape index (κ2) is 9.15. The van der Waals surface area contributed by atoms with Crippen LogP contribution in [-0.2, 0) is 7.05 Å².